The summed E-state index contributed by atoms with van der Waals surface area (Å²) in [6, 6.07) is 2.25. The second-order valence-electron chi connectivity index (χ2n) is 6.73. The molecule has 0 unspecified atom stereocenters. The zero-order chi connectivity index (χ0) is 16.8. The zero-order valence-corrected chi connectivity index (χ0v) is 14.6. The Hall–Kier alpha value is -1.44. The lowest BCUT2D eigenvalue weighted by Gasteiger charge is -2.34. The molecular weight excluding hydrogens is 306 g/mol. The predicted molar refractivity (Wildman–Crippen MR) is 91.7 cm³/mol. The number of hydrogen-bond donors (Lipinski definition) is 1. The van der Waals surface area contributed by atoms with Gasteiger partial charge in [-0.2, -0.15) is 5.10 Å². The van der Waals surface area contributed by atoms with Crippen molar-refractivity contribution in [3.63, 3.8) is 0 Å². The number of nitrogens with zero attached hydrogens (tertiary/aromatic N) is 4. The van der Waals surface area contributed by atoms with E-state index in [0.717, 1.165) is 52.1 Å². The third kappa shape index (κ3) is 5.03. The molecule has 1 N–H and O–H groups in total. The smallest absolute Gasteiger partial charge is 0.234 e. The minimum Gasteiger partial charge on any atom is -0.374 e. The van der Waals surface area contributed by atoms with Crippen LogP contribution in [0.4, 0.5) is 0 Å². The number of likely N-dealkylation sites (tertiary alicyclic amines) is 1. The van der Waals surface area contributed by atoms with E-state index in [-0.39, 0.29) is 12.0 Å². The summed E-state index contributed by atoms with van der Waals surface area (Å²) in [6.07, 6.45) is 5.93. The molecule has 7 heteroatoms. The monoisotopic (exact) mass is 335 g/mol. The lowest BCUT2D eigenvalue weighted by molar-refractivity contribution is -0.125. The molecule has 0 bridgehead atoms. The molecule has 1 amide bonds. The highest BCUT2D eigenvalue weighted by molar-refractivity contribution is 5.78. The lowest BCUT2D eigenvalue weighted by Crippen LogP contribution is -2.51. The standard InChI is InChI=1S/C17H29N5O2/c1-2-20-8-4-15(5-9-20)19-17(23)14-21-10-11-24-16(12-21)13-22-7-3-6-18-22/h3,6-7,15-16H,2,4-5,8-14H2,1H3,(H,19,23)/t16-/m0/s1. The summed E-state index contributed by atoms with van der Waals surface area (Å²) in [5, 5.41) is 7.43. The van der Waals surface area contributed by atoms with Crippen molar-refractivity contribution in [1.82, 2.24) is 24.9 Å². The van der Waals surface area contributed by atoms with Crippen LogP contribution in [0.2, 0.25) is 0 Å². The van der Waals surface area contributed by atoms with Gasteiger partial charge >= 0.3 is 0 Å². The SMILES string of the molecule is CCN1CCC(NC(=O)CN2CCO[C@H](Cn3cccn3)C2)CC1. The van der Waals surface area contributed by atoms with Gasteiger partial charge in [0.25, 0.3) is 0 Å². The Labute approximate surface area is 143 Å². The molecule has 1 aromatic rings. The minimum atomic E-state index is 0.0965. The molecule has 2 aliphatic heterocycles. The molecule has 0 aliphatic carbocycles. The van der Waals surface area contributed by atoms with Crippen LogP contribution >= 0.6 is 0 Å². The molecule has 7 nitrogen and oxygen atoms in total. The molecule has 2 saturated heterocycles. The number of rotatable bonds is 6. The van der Waals surface area contributed by atoms with E-state index in [2.05, 4.69) is 27.1 Å². The topological polar surface area (TPSA) is 62.6 Å². The maximum Gasteiger partial charge on any atom is 0.234 e. The maximum absolute atomic E-state index is 12.3. The first-order valence-electron chi connectivity index (χ1n) is 9.06. The van der Waals surface area contributed by atoms with Gasteiger partial charge in [-0.25, -0.2) is 0 Å². The fourth-order valence-electron chi connectivity index (χ4n) is 3.52. The van der Waals surface area contributed by atoms with Crippen LogP contribution in [-0.2, 0) is 16.1 Å². The van der Waals surface area contributed by atoms with E-state index < -0.39 is 0 Å². The van der Waals surface area contributed by atoms with Crippen LogP contribution < -0.4 is 5.32 Å². The van der Waals surface area contributed by atoms with E-state index in [1.807, 2.05) is 16.9 Å². The van der Waals surface area contributed by atoms with Gasteiger partial charge in [0.15, 0.2) is 0 Å². The minimum absolute atomic E-state index is 0.0965. The molecule has 0 radical (unpaired) electrons. The van der Waals surface area contributed by atoms with Crippen LogP contribution in [-0.4, -0.2) is 83.5 Å². The van der Waals surface area contributed by atoms with Crippen LogP contribution in [0.1, 0.15) is 19.8 Å². The average Bonchev–Trinajstić information content (AvgIpc) is 3.09. The van der Waals surface area contributed by atoms with Crippen molar-refractivity contribution in [2.75, 3.05) is 45.9 Å². The molecule has 1 aromatic heterocycles. The van der Waals surface area contributed by atoms with Gasteiger partial charge < -0.3 is 15.0 Å². The predicted octanol–water partition coefficient (Wildman–Crippen LogP) is 0.184. The molecule has 134 valence electrons. The van der Waals surface area contributed by atoms with Crippen LogP contribution in [0.3, 0.4) is 0 Å². The normalized spacial score (nSPS) is 24.1. The Balaban J connectivity index is 1.39. The summed E-state index contributed by atoms with van der Waals surface area (Å²) < 4.78 is 7.68. The van der Waals surface area contributed by atoms with Crippen molar-refractivity contribution in [3.8, 4) is 0 Å². The van der Waals surface area contributed by atoms with Crippen LogP contribution in [0, 0.1) is 0 Å². The summed E-state index contributed by atoms with van der Waals surface area (Å²) in [5.41, 5.74) is 0. The molecule has 0 spiro atoms. The first-order chi connectivity index (χ1) is 11.7. The van der Waals surface area contributed by atoms with E-state index in [1.165, 1.54) is 0 Å². The highest BCUT2D eigenvalue weighted by Gasteiger charge is 2.24. The Morgan fingerprint density at radius 3 is 2.83 bits per heavy atom. The van der Waals surface area contributed by atoms with E-state index >= 15 is 0 Å². The summed E-state index contributed by atoms with van der Waals surface area (Å²) in [4.78, 5) is 17.0. The number of piperidine rings is 1. The van der Waals surface area contributed by atoms with E-state index in [1.54, 1.807) is 6.20 Å². The number of carbonyl (C=O) groups excluding carboxylic acids is 1. The second-order valence-corrected chi connectivity index (χ2v) is 6.73. The molecule has 24 heavy (non-hydrogen) atoms. The van der Waals surface area contributed by atoms with Crippen LogP contribution in [0.15, 0.2) is 18.5 Å². The molecule has 0 saturated carbocycles. The first-order valence-corrected chi connectivity index (χ1v) is 9.06. The average molecular weight is 335 g/mol. The van der Waals surface area contributed by atoms with Gasteiger partial charge in [-0.05, 0) is 25.5 Å². The Bertz CT molecular complexity index is 499. The summed E-state index contributed by atoms with van der Waals surface area (Å²) in [6.45, 7) is 8.94. The summed E-state index contributed by atoms with van der Waals surface area (Å²) in [5.74, 6) is 0.143. The fraction of sp³-hybridized carbons (Fsp3) is 0.765. The maximum atomic E-state index is 12.3. The number of aromatic nitrogens is 2. The van der Waals surface area contributed by atoms with Crippen LogP contribution in [0.5, 0.6) is 0 Å². The van der Waals surface area contributed by atoms with Gasteiger partial charge in [-0.1, -0.05) is 6.92 Å². The Kier molecular flexibility index (Phi) is 6.23. The zero-order valence-electron chi connectivity index (χ0n) is 14.6. The van der Waals surface area contributed by atoms with Gasteiger partial charge in [0, 0.05) is 44.6 Å². The van der Waals surface area contributed by atoms with E-state index in [0.29, 0.717) is 19.2 Å². The van der Waals surface area contributed by atoms with Gasteiger partial charge in [-0.15, -0.1) is 0 Å². The summed E-state index contributed by atoms with van der Waals surface area (Å²) >= 11 is 0. The van der Waals surface area contributed by atoms with Gasteiger partial charge in [-0.3, -0.25) is 14.4 Å². The van der Waals surface area contributed by atoms with Gasteiger partial charge in [0.05, 0.1) is 25.8 Å². The molecule has 2 aliphatic rings. The molecule has 3 heterocycles. The lowest BCUT2D eigenvalue weighted by atomic mass is 10.1. The highest BCUT2D eigenvalue weighted by atomic mass is 16.5. The van der Waals surface area contributed by atoms with Gasteiger partial charge in [0.2, 0.25) is 5.91 Å². The van der Waals surface area contributed by atoms with Crippen molar-refractivity contribution in [1.29, 1.82) is 0 Å². The number of ether oxygens (including phenoxy) is 1. The third-order valence-corrected chi connectivity index (χ3v) is 4.94. The summed E-state index contributed by atoms with van der Waals surface area (Å²) in [7, 11) is 0. The van der Waals surface area contributed by atoms with Crippen molar-refractivity contribution in [2.45, 2.75) is 38.5 Å². The molecule has 1 atom stereocenters. The molecule has 0 aromatic carbocycles. The number of carbonyl (C=O) groups is 1. The third-order valence-electron chi connectivity index (χ3n) is 4.94. The number of morpholine rings is 1. The molecule has 3 rings (SSSR count). The second kappa shape index (κ2) is 8.60. The number of amides is 1. The largest absolute Gasteiger partial charge is 0.374 e. The van der Waals surface area contributed by atoms with E-state index in [4.69, 9.17) is 4.74 Å². The quantitative estimate of drug-likeness (QED) is 0.804. The Morgan fingerprint density at radius 1 is 1.29 bits per heavy atom. The molecular formula is C17H29N5O2. The number of nitrogens with one attached hydrogen (secondary N) is 1. The molecule has 2 fully saturated rings. The highest BCUT2D eigenvalue weighted by Crippen LogP contribution is 2.10. The van der Waals surface area contributed by atoms with Crippen molar-refractivity contribution in [2.24, 2.45) is 0 Å². The number of hydrogen-bond acceptors (Lipinski definition) is 5. The Morgan fingerprint density at radius 2 is 2.12 bits per heavy atom. The van der Waals surface area contributed by atoms with Crippen molar-refractivity contribution < 1.29 is 9.53 Å². The first kappa shape index (κ1) is 17.4. The van der Waals surface area contributed by atoms with Crippen molar-refractivity contribution in [3.05, 3.63) is 18.5 Å². The van der Waals surface area contributed by atoms with Crippen LogP contribution in [0.25, 0.3) is 0 Å². The van der Waals surface area contributed by atoms with E-state index in [9.17, 15) is 4.79 Å². The van der Waals surface area contributed by atoms with Gasteiger partial charge in [0.1, 0.15) is 0 Å². The fourth-order valence-corrected chi connectivity index (χ4v) is 3.52. The van der Waals surface area contributed by atoms with Crippen molar-refractivity contribution >= 4 is 5.91 Å².